The SMILES string of the molecule is C[C@@H](/C=C/C(=O)NO)[C@@H](OC(=O)NC(=O)c1ccccc1)c1cc(Br)ccc1O. The van der Waals surface area contributed by atoms with E-state index in [9.17, 15) is 19.5 Å². The first-order valence-corrected chi connectivity index (χ1v) is 9.28. The monoisotopic (exact) mass is 462 g/mol. The lowest BCUT2D eigenvalue weighted by atomic mass is 9.96. The Morgan fingerprint density at radius 1 is 1.14 bits per heavy atom. The zero-order chi connectivity index (χ0) is 21.4. The van der Waals surface area contributed by atoms with Gasteiger partial charge in [0.25, 0.3) is 11.8 Å². The zero-order valence-corrected chi connectivity index (χ0v) is 16.9. The lowest BCUT2D eigenvalue weighted by Crippen LogP contribution is -2.33. The first-order valence-electron chi connectivity index (χ1n) is 8.49. The van der Waals surface area contributed by atoms with Gasteiger partial charge in [-0.2, -0.15) is 0 Å². The number of hydrogen-bond acceptors (Lipinski definition) is 6. The third-order valence-electron chi connectivity index (χ3n) is 3.92. The summed E-state index contributed by atoms with van der Waals surface area (Å²) in [6.45, 7) is 1.64. The van der Waals surface area contributed by atoms with E-state index in [2.05, 4.69) is 21.2 Å². The predicted octanol–water partition coefficient (Wildman–Crippen LogP) is 3.46. The van der Waals surface area contributed by atoms with E-state index in [0.717, 1.165) is 6.08 Å². The predicted molar refractivity (Wildman–Crippen MR) is 107 cm³/mol. The molecule has 0 aliphatic carbocycles. The van der Waals surface area contributed by atoms with E-state index in [0.29, 0.717) is 4.47 Å². The highest BCUT2D eigenvalue weighted by molar-refractivity contribution is 9.10. The molecule has 0 aromatic heterocycles. The minimum atomic E-state index is -1.03. The molecule has 0 fully saturated rings. The van der Waals surface area contributed by atoms with Crippen molar-refractivity contribution >= 4 is 33.8 Å². The highest BCUT2D eigenvalue weighted by Crippen LogP contribution is 2.35. The highest BCUT2D eigenvalue weighted by Gasteiger charge is 2.26. The molecule has 0 heterocycles. The lowest BCUT2D eigenvalue weighted by Gasteiger charge is -2.23. The Labute approximate surface area is 175 Å². The highest BCUT2D eigenvalue weighted by atomic mass is 79.9. The van der Waals surface area contributed by atoms with Gasteiger partial charge in [-0.1, -0.05) is 47.1 Å². The van der Waals surface area contributed by atoms with Gasteiger partial charge in [-0.25, -0.2) is 10.3 Å². The van der Waals surface area contributed by atoms with Crippen LogP contribution in [0.4, 0.5) is 4.79 Å². The number of nitrogens with one attached hydrogen (secondary N) is 2. The van der Waals surface area contributed by atoms with Crippen LogP contribution in [0.5, 0.6) is 5.75 Å². The van der Waals surface area contributed by atoms with E-state index in [1.807, 2.05) is 0 Å². The van der Waals surface area contributed by atoms with Crippen molar-refractivity contribution in [3.05, 3.63) is 76.3 Å². The van der Waals surface area contributed by atoms with Crippen LogP contribution in [0.3, 0.4) is 0 Å². The van der Waals surface area contributed by atoms with Gasteiger partial charge in [-0.3, -0.25) is 20.1 Å². The quantitative estimate of drug-likeness (QED) is 0.296. The van der Waals surface area contributed by atoms with E-state index >= 15 is 0 Å². The Kier molecular flexibility index (Phi) is 7.93. The van der Waals surface area contributed by atoms with Gasteiger partial charge in [0.1, 0.15) is 11.9 Å². The maximum atomic E-state index is 12.3. The number of rotatable bonds is 6. The molecule has 29 heavy (non-hydrogen) atoms. The molecule has 2 rings (SSSR count). The molecular formula is C20H19BrN2O6. The minimum Gasteiger partial charge on any atom is -0.508 e. The smallest absolute Gasteiger partial charge is 0.414 e. The number of alkyl carbamates (subject to hydrolysis) is 1. The molecule has 2 aromatic carbocycles. The van der Waals surface area contributed by atoms with E-state index in [-0.39, 0.29) is 16.9 Å². The number of benzene rings is 2. The van der Waals surface area contributed by atoms with Gasteiger partial charge in [-0.05, 0) is 30.3 Å². The Hall–Kier alpha value is -3.17. The second kappa shape index (κ2) is 10.4. The Morgan fingerprint density at radius 3 is 2.48 bits per heavy atom. The maximum Gasteiger partial charge on any atom is 0.414 e. The Morgan fingerprint density at radius 2 is 1.83 bits per heavy atom. The van der Waals surface area contributed by atoms with Gasteiger partial charge in [0.05, 0.1) is 0 Å². The molecule has 4 N–H and O–H groups in total. The van der Waals surface area contributed by atoms with Crippen LogP contribution in [0.25, 0.3) is 0 Å². The number of hydrogen-bond donors (Lipinski definition) is 4. The van der Waals surface area contributed by atoms with Crippen LogP contribution in [0.2, 0.25) is 0 Å². The van der Waals surface area contributed by atoms with Crippen molar-refractivity contribution in [3.8, 4) is 5.75 Å². The van der Waals surface area contributed by atoms with Crippen LogP contribution >= 0.6 is 15.9 Å². The van der Waals surface area contributed by atoms with E-state index < -0.39 is 29.9 Å². The molecule has 0 aliphatic rings. The maximum absolute atomic E-state index is 12.3. The molecule has 2 atom stereocenters. The molecule has 9 heteroatoms. The van der Waals surface area contributed by atoms with E-state index in [1.54, 1.807) is 49.4 Å². The van der Waals surface area contributed by atoms with Crippen molar-refractivity contribution < 1.29 is 29.4 Å². The Bertz CT molecular complexity index is 916. The van der Waals surface area contributed by atoms with Crippen LogP contribution in [0.15, 0.2) is 65.2 Å². The normalized spacial score (nSPS) is 12.8. The van der Waals surface area contributed by atoms with Gasteiger partial charge < -0.3 is 9.84 Å². The number of hydroxylamine groups is 1. The summed E-state index contributed by atoms with van der Waals surface area (Å²) in [7, 11) is 0. The lowest BCUT2D eigenvalue weighted by molar-refractivity contribution is -0.124. The van der Waals surface area contributed by atoms with Gasteiger partial charge in [0.2, 0.25) is 0 Å². The number of halogens is 1. The number of imide groups is 1. The van der Waals surface area contributed by atoms with Crippen molar-refractivity contribution in [1.82, 2.24) is 10.8 Å². The van der Waals surface area contributed by atoms with Gasteiger partial charge in [-0.15, -0.1) is 0 Å². The fourth-order valence-corrected chi connectivity index (χ4v) is 2.86. The zero-order valence-electron chi connectivity index (χ0n) is 15.3. The first kappa shape index (κ1) is 22.1. The number of amides is 3. The average molecular weight is 463 g/mol. The fraction of sp³-hybridized carbons (Fsp3) is 0.150. The molecule has 0 spiro atoms. The van der Waals surface area contributed by atoms with Crippen molar-refractivity contribution in [3.63, 3.8) is 0 Å². The molecule has 0 radical (unpaired) electrons. The summed E-state index contributed by atoms with van der Waals surface area (Å²) >= 11 is 3.29. The molecule has 0 saturated carbocycles. The largest absolute Gasteiger partial charge is 0.508 e. The third-order valence-corrected chi connectivity index (χ3v) is 4.41. The minimum absolute atomic E-state index is 0.132. The molecule has 152 valence electrons. The van der Waals surface area contributed by atoms with Gasteiger partial charge in [0.15, 0.2) is 0 Å². The second-order valence-corrected chi connectivity index (χ2v) is 6.96. The van der Waals surface area contributed by atoms with E-state index in [1.165, 1.54) is 17.6 Å². The van der Waals surface area contributed by atoms with Crippen LogP contribution in [-0.2, 0) is 9.53 Å². The Balaban J connectivity index is 2.23. The van der Waals surface area contributed by atoms with Gasteiger partial charge in [0, 0.05) is 27.6 Å². The fourth-order valence-electron chi connectivity index (χ4n) is 2.48. The third kappa shape index (κ3) is 6.44. The molecule has 0 saturated heterocycles. The summed E-state index contributed by atoms with van der Waals surface area (Å²) in [6, 6.07) is 12.7. The second-order valence-electron chi connectivity index (χ2n) is 6.04. The molecular weight excluding hydrogens is 444 g/mol. The van der Waals surface area contributed by atoms with Crippen LogP contribution in [-0.4, -0.2) is 28.2 Å². The number of aromatic hydroxyl groups is 1. The van der Waals surface area contributed by atoms with Crippen LogP contribution < -0.4 is 10.8 Å². The van der Waals surface area contributed by atoms with E-state index in [4.69, 9.17) is 9.94 Å². The van der Waals surface area contributed by atoms with Crippen LogP contribution in [0.1, 0.15) is 28.9 Å². The number of phenols is 1. The number of carbonyl (C=O) groups is 3. The molecule has 8 nitrogen and oxygen atoms in total. The number of phenolic OH excluding ortho intramolecular Hbond substituents is 1. The number of carbonyl (C=O) groups excluding carboxylic acids is 3. The first-order chi connectivity index (χ1) is 13.8. The standard InChI is InChI=1S/C20H19BrN2O6/c1-12(7-10-17(25)23-28)18(15-11-14(21)8-9-16(15)24)29-20(27)22-19(26)13-5-3-2-4-6-13/h2-12,18,24,28H,1H3,(H,23,25)(H,22,26,27)/b10-7+/t12-,18+/m0/s1. The summed E-state index contributed by atoms with van der Waals surface area (Å²) < 4.78 is 6.02. The molecule has 0 unspecified atom stereocenters. The number of ether oxygens (including phenoxy) is 1. The molecule has 2 aromatic rings. The van der Waals surface area contributed by atoms with Crippen molar-refractivity contribution in [2.45, 2.75) is 13.0 Å². The van der Waals surface area contributed by atoms with Crippen molar-refractivity contribution in [2.24, 2.45) is 5.92 Å². The summed E-state index contributed by atoms with van der Waals surface area (Å²) in [5.41, 5.74) is 2.00. The molecule has 0 aliphatic heterocycles. The van der Waals surface area contributed by atoms with Crippen molar-refractivity contribution in [2.75, 3.05) is 0 Å². The summed E-state index contributed by atoms with van der Waals surface area (Å²) in [6.07, 6.45) is 0.403. The summed E-state index contributed by atoms with van der Waals surface area (Å²) in [5, 5.41) is 20.9. The molecule has 3 amide bonds. The topological polar surface area (TPSA) is 125 Å². The summed E-state index contributed by atoms with van der Waals surface area (Å²) in [4.78, 5) is 35.7. The average Bonchev–Trinajstić information content (AvgIpc) is 2.72. The molecule has 0 bridgehead atoms. The summed E-state index contributed by atoms with van der Waals surface area (Å²) in [5.74, 6) is -2.13. The van der Waals surface area contributed by atoms with Crippen LogP contribution in [0, 0.1) is 5.92 Å². The van der Waals surface area contributed by atoms with Gasteiger partial charge >= 0.3 is 6.09 Å². The van der Waals surface area contributed by atoms with Crippen molar-refractivity contribution in [1.29, 1.82) is 0 Å².